The van der Waals surface area contributed by atoms with Crippen LogP contribution in [0.15, 0.2) is 12.4 Å². The molecule has 2 N–H and O–H groups in total. The number of carbonyl (C=O) groups is 1. The molecule has 5 heteroatoms. The Kier molecular flexibility index (Phi) is 3.79. The Bertz CT molecular complexity index is 522. The lowest BCUT2D eigenvalue weighted by atomic mass is 9.90. The van der Waals surface area contributed by atoms with E-state index in [1.54, 1.807) is 0 Å². The summed E-state index contributed by atoms with van der Waals surface area (Å²) in [6.07, 6.45) is 5.87. The SMILES string of the molecule is CC1(C)C(C(=O)NC[C@@H]2CCCO[C@H]2c2cn[nH]c2)C1(C)C. The fourth-order valence-corrected chi connectivity index (χ4v) is 4.02. The predicted octanol–water partition coefficient (Wildman–Crippen LogP) is 2.68. The number of hydrogen-bond donors (Lipinski definition) is 2. The zero-order valence-electron chi connectivity index (χ0n) is 14.0. The number of hydrogen-bond acceptors (Lipinski definition) is 3. The van der Waals surface area contributed by atoms with Crippen molar-refractivity contribution < 1.29 is 9.53 Å². The van der Waals surface area contributed by atoms with Gasteiger partial charge in [-0.25, -0.2) is 0 Å². The average molecular weight is 305 g/mol. The third-order valence-electron chi connectivity index (χ3n) is 6.11. The van der Waals surface area contributed by atoms with E-state index in [-0.39, 0.29) is 28.8 Å². The van der Waals surface area contributed by atoms with Crippen LogP contribution in [0.25, 0.3) is 0 Å². The topological polar surface area (TPSA) is 67.0 Å². The van der Waals surface area contributed by atoms with E-state index in [2.05, 4.69) is 43.2 Å². The highest BCUT2D eigenvalue weighted by molar-refractivity contribution is 5.84. The minimum absolute atomic E-state index is 0.0352. The summed E-state index contributed by atoms with van der Waals surface area (Å²) in [6, 6.07) is 0. The van der Waals surface area contributed by atoms with Crippen molar-refractivity contribution in [3.05, 3.63) is 18.0 Å². The first kappa shape index (κ1) is 15.5. The van der Waals surface area contributed by atoms with E-state index < -0.39 is 0 Å². The van der Waals surface area contributed by atoms with Crippen LogP contribution in [0.4, 0.5) is 0 Å². The Balaban J connectivity index is 1.59. The van der Waals surface area contributed by atoms with Crippen molar-refractivity contribution in [2.45, 2.75) is 46.6 Å². The Morgan fingerprint density at radius 2 is 2.14 bits per heavy atom. The average Bonchev–Trinajstić information content (AvgIpc) is 2.88. The standard InChI is InChI=1S/C17H27N3O2/c1-16(2)14(17(16,3)4)15(21)18-8-11-6-5-7-22-13(11)12-9-19-20-10-12/h9-11,13-14H,5-8H2,1-4H3,(H,18,21)(H,19,20)/t11-,13+/m0/s1. The maximum Gasteiger partial charge on any atom is 0.224 e. The molecule has 0 radical (unpaired) electrons. The molecule has 0 aromatic carbocycles. The van der Waals surface area contributed by atoms with Crippen molar-refractivity contribution in [1.82, 2.24) is 15.5 Å². The maximum absolute atomic E-state index is 12.5. The Morgan fingerprint density at radius 3 is 2.73 bits per heavy atom. The van der Waals surface area contributed by atoms with E-state index in [1.165, 1.54) is 0 Å². The van der Waals surface area contributed by atoms with Crippen LogP contribution in [0.3, 0.4) is 0 Å². The normalized spacial score (nSPS) is 30.0. The lowest BCUT2D eigenvalue weighted by molar-refractivity contribution is -0.124. The van der Waals surface area contributed by atoms with Crippen LogP contribution in [0.2, 0.25) is 0 Å². The quantitative estimate of drug-likeness (QED) is 0.898. The van der Waals surface area contributed by atoms with Crippen LogP contribution in [0.5, 0.6) is 0 Å². The van der Waals surface area contributed by atoms with Gasteiger partial charge in [0.15, 0.2) is 0 Å². The number of nitrogens with zero attached hydrogens (tertiary/aromatic N) is 1. The summed E-state index contributed by atoms with van der Waals surface area (Å²) in [7, 11) is 0. The van der Waals surface area contributed by atoms with Gasteiger partial charge in [-0.3, -0.25) is 9.89 Å². The van der Waals surface area contributed by atoms with Crippen molar-refractivity contribution in [2.75, 3.05) is 13.2 Å². The van der Waals surface area contributed by atoms with E-state index in [9.17, 15) is 4.79 Å². The molecule has 2 aliphatic rings. The summed E-state index contributed by atoms with van der Waals surface area (Å²) < 4.78 is 5.91. The first-order valence-corrected chi connectivity index (χ1v) is 8.23. The fourth-order valence-electron chi connectivity index (χ4n) is 4.02. The molecule has 2 heterocycles. The Hall–Kier alpha value is -1.36. The van der Waals surface area contributed by atoms with Crippen LogP contribution in [-0.2, 0) is 9.53 Å². The molecule has 0 unspecified atom stereocenters. The lowest BCUT2D eigenvalue weighted by Crippen LogP contribution is -2.36. The van der Waals surface area contributed by atoms with E-state index in [0.29, 0.717) is 12.5 Å². The van der Waals surface area contributed by atoms with E-state index in [1.807, 2.05) is 12.4 Å². The number of rotatable bonds is 4. The van der Waals surface area contributed by atoms with Gasteiger partial charge in [-0.15, -0.1) is 0 Å². The second-order valence-corrected chi connectivity index (χ2v) is 7.85. The van der Waals surface area contributed by atoms with Crippen molar-refractivity contribution in [1.29, 1.82) is 0 Å². The monoisotopic (exact) mass is 305 g/mol. The largest absolute Gasteiger partial charge is 0.373 e. The number of amides is 1. The zero-order valence-corrected chi connectivity index (χ0v) is 14.0. The minimum Gasteiger partial charge on any atom is -0.373 e. The van der Waals surface area contributed by atoms with Gasteiger partial charge >= 0.3 is 0 Å². The molecule has 2 atom stereocenters. The Morgan fingerprint density at radius 1 is 1.41 bits per heavy atom. The number of aromatic nitrogens is 2. The van der Waals surface area contributed by atoms with Gasteiger partial charge in [-0.1, -0.05) is 27.7 Å². The zero-order chi connectivity index (χ0) is 16.0. The number of ether oxygens (including phenoxy) is 1. The highest BCUT2D eigenvalue weighted by Gasteiger charge is 2.68. The van der Waals surface area contributed by atoms with Gasteiger partial charge in [0.05, 0.1) is 12.3 Å². The highest BCUT2D eigenvalue weighted by atomic mass is 16.5. The van der Waals surface area contributed by atoms with Crippen LogP contribution < -0.4 is 5.32 Å². The van der Waals surface area contributed by atoms with Gasteiger partial charge in [0.2, 0.25) is 5.91 Å². The molecule has 1 amide bonds. The minimum atomic E-state index is 0.0352. The summed E-state index contributed by atoms with van der Waals surface area (Å²) in [4.78, 5) is 12.5. The predicted molar refractivity (Wildman–Crippen MR) is 84.1 cm³/mol. The smallest absolute Gasteiger partial charge is 0.224 e. The van der Waals surface area contributed by atoms with Crippen molar-refractivity contribution >= 4 is 5.91 Å². The van der Waals surface area contributed by atoms with Crippen molar-refractivity contribution in [3.8, 4) is 0 Å². The van der Waals surface area contributed by atoms with E-state index >= 15 is 0 Å². The van der Waals surface area contributed by atoms with Crippen LogP contribution in [0.1, 0.15) is 52.2 Å². The number of carbonyl (C=O) groups excluding carboxylic acids is 1. The second kappa shape index (κ2) is 5.37. The molecule has 0 bridgehead atoms. The molecule has 1 aromatic heterocycles. The van der Waals surface area contributed by atoms with Gasteiger partial charge in [-0.2, -0.15) is 5.10 Å². The first-order chi connectivity index (χ1) is 10.4. The van der Waals surface area contributed by atoms with Gasteiger partial charge in [0.1, 0.15) is 0 Å². The molecule has 5 nitrogen and oxygen atoms in total. The molecule has 1 aliphatic carbocycles. The molecule has 1 aromatic rings. The lowest BCUT2D eigenvalue weighted by Gasteiger charge is -2.31. The molecule has 0 spiro atoms. The molecule has 22 heavy (non-hydrogen) atoms. The molecular weight excluding hydrogens is 278 g/mol. The van der Waals surface area contributed by atoms with Crippen LogP contribution in [0, 0.1) is 22.7 Å². The van der Waals surface area contributed by atoms with Crippen LogP contribution in [-0.4, -0.2) is 29.3 Å². The third kappa shape index (κ3) is 2.45. The number of aromatic amines is 1. The summed E-state index contributed by atoms with van der Waals surface area (Å²) in [5.41, 5.74) is 1.25. The van der Waals surface area contributed by atoms with Gasteiger partial charge in [0.25, 0.3) is 0 Å². The van der Waals surface area contributed by atoms with Gasteiger partial charge in [0, 0.05) is 36.7 Å². The summed E-state index contributed by atoms with van der Waals surface area (Å²) in [6.45, 7) is 10.2. The highest BCUT2D eigenvalue weighted by Crippen LogP contribution is 2.68. The molecule has 122 valence electrons. The first-order valence-electron chi connectivity index (χ1n) is 8.23. The number of H-pyrrole nitrogens is 1. The van der Waals surface area contributed by atoms with E-state index in [4.69, 9.17) is 4.74 Å². The molecule has 2 fully saturated rings. The summed E-state index contributed by atoms with van der Waals surface area (Å²) >= 11 is 0. The second-order valence-electron chi connectivity index (χ2n) is 7.85. The Labute approximate surface area is 132 Å². The summed E-state index contributed by atoms with van der Waals surface area (Å²) in [5, 5.41) is 10.0. The van der Waals surface area contributed by atoms with Crippen LogP contribution >= 0.6 is 0 Å². The fraction of sp³-hybridized carbons (Fsp3) is 0.765. The molecule has 1 saturated heterocycles. The van der Waals surface area contributed by atoms with E-state index in [0.717, 1.165) is 25.0 Å². The van der Waals surface area contributed by atoms with Crippen molar-refractivity contribution in [2.24, 2.45) is 22.7 Å². The van der Waals surface area contributed by atoms with Gasteiger partial charge < -0.3 is 10.1 Å². The molecule has 3 rings (SSSR count). The molecule has 1 aliphatic heterocycles. The third-order valence-corrected chi connectivity index (χ3v) is 6.11. The van der Waals surface area contributed by atoms with Gasteiger partial charge in [-0.05, 0) is 23.7 Å². The number of nitrogens with one attached hydrogen (secondary N) is 2. The summed E-state index contributed by atoms with van der Waals surface area (Å²) in [5.74, 6) is 0.615. The molecular formula is C17H27N3O2. The molecule has 1 saturated carbocycles. The maximum atomic E-state index is 12.5. The van der Waals surface area contributed by atoms with Crippen molar-refractivity contribution in [3.63, 3.8) is 0 Å².